The highest BCUT2D eigenvalue weighted by Gasteiger charge is 2.27. The van der Waals surface area contributed by atoms with Crippen molar-refractivity contribution in [2.75, 3.05) is 49.6 Å². The number of thioether (sulfide) groups is 1. The number of hydrogen-bond acceptors (Lipinski definition) is 5. The van der Waals surface area contributed by atoms with E-state index in [9.17, 15) is 9.59 Å². The number of fused-ring (bicyclic) bond motifs is 1. The van der Waals surface area contributed by atoms with Crippen LogP contribution in [0, 0.1) is 13.8 Å². The maximum Gasteiger partial charge on any atom is 0.254 e. The van der Waals surface area contributed by atoms with Gasteiger partial charge in [0.15, 0.2) is 0 Å². The van der Waals surface area contributed by atoms with Gasteiger partial charge in [-0.1, -0.05) is 23.8 Å². The highest BCUT2D eigenvalue weighted by molar-refractivity contribution is 7.98. The lowest BCUT2D eigenvalue weighted by Gasteiger charge is -2.33. The van der Waals surface area contributed by atoms with E-state index >= 15 is 0 Å². The normalized spacial score (nSPS) is 18.9. The number of piperazine rings is 1. The third-order valence-corrected chi connectivity index (χ3v) is 7.09. The van der Waals surface area contributed by atoms with Gasteiger partial charge in [0.25, 0.3) is 5.91 Å². The van der Waals surface area contributed by atoms with E-state index in [4.69, 9.17) is 0 Å². The highest BCUT2D eigenvalue weighted by atomic mass is 32.2. The molecule has 0 saturated carbocycles. The molecular weight excluding hydrogens is 408 g/mol. The number of aryl methyl sites for hydroxylation is 2. The first-order chi connectivity index (χ1) is 14.9. The van der Waals surface area contributed by atoms with Gasteiger partial charge in [0.05, 0.1) is 11.4 Å². The molecule has 7 heteroatoms. The summed E-state index contributed by atoms with van der Waals surface area (Å²) in [6.45, 7) is 7.46. The van der Waals surface area contributed by atoms with Crippen LogP contribution in [0.3, 0.4) is 0 Å². The number of benzene rings is 2. The Morgan fingerprint density at radius 3 is 2.61 bits per heavy atom. The van der Waals surface area contributed by atoms with Gasteiger partial charge in [-0.2, -0.15) is 11.8 Å². The van der Waals surface area contributed by atoms with Crippen molar-refractivity contribution in [3.63, 3.8) is 0 Å². The summed E-state index contributed by atoms with van der Waals surface area (Å²) < 4.78 is 0. The molecule has 1 saturated heterocycles. The van der Waals surface area contributed by atoms with Crippen LogP contribution in [0.2, 0.25) is 0 Å². The molecule has 0 radical (unpaired) electrons. The van der Waals surface area contributed by atoms with E-state index in [-0.39, 0.29) is 17.9 Å². The van der Waals surface area contributed by atoms with E-state index in [1.807, 2.05) is 17.0 Å². The second kappa shape index (κ2) is 9.32. The topological polar surface area (TPSA) is 64.7 Å². The molecule has 0 aliphatic carbocycles. The highest BCUT2D eigenvalue weighted by Crippen LogP contribution is 2.30. The molecule has 164 valence electrons. The summed E-state index contributed by atoms with van der Waals surface area (Å²) >= 11 is 1.75. The van der Waals surface area contributed by atoms with Crippen LogP contribution in [-0.4, -0.2) is 66.6 Å². The van der Waals surface area contributed by atoms with Crippen LogP contribution in [0.15, 0.2) is 36.4 Å². The number of carbonyl (C=O) groups excluding carboxylic acids is 2. The van der Waals surface area contributed by atoms with Gasteiger partial charge in [-0.05, 0) is 50.2 Å². The quantitative estimate of drug-likeness (QED) is 0.750. The molecule has 2 aromatic rings. The van der Waals surface area contributed by atoms with Gasteiger partial charge in [-0.25, -0.2) is 0 Å². The molecule has 2 aliphatic heterocycles. The molecule has 2 N–H and O–H groups in total. The van der Waals surface area contributed by atoms with Gasteiger partial charge in [0, 0.05) is 43.2 Å². The minimum absolute atomic E-state index is 0.0244. The maximum atomic E-state index is 12.8. The molecule has 2 aliphatic rings. The van der Waals surface area contributed by atoms with Gasteiger partial charge in [0.2, 0.25) is 5.91 Å². The van der Waals surface area contributed by atoms with E-state index in [1.165, 1.54) is 16.7 Å². The summed E-state index contributed by atoms with van der Waals surface area (Å²) in [5.74, 6) is 1.53. The molecule has 6 nitrogen and oxygen atoms in total. The Bertz CT molecular complexity index is 986. The van der Waals surface area contributed by atoms with E-state index < -0.39 is 0 Å². The van der Waals surface area contributed by atoms with E-state index in [2.05, 4.69) is 54.6 Å². The van der Waals surface area contributed by atoms with E-state index in [0.717, 1.165) is 37.6 Å². The summed E-state index contributed by atoms with van der Waals surface area (Å²) in [5.41, 5.74) is 6.02. The number of nitrogens with zero attached hydrogens (tertiary/aromatic N) is 2. The van der Waals surface area contributed by atoms with Crippen molar-refractivity contribution in [1.29, 1.82) is 0 Å². The summed E-state index contributed by atoms with van der Waals surface area (Å²) in [6.07, 6.45) is 0. The zero-order valence-corrected chi connectivity index (χ0v) is 19.2. The molecular formula is C24H30N4O2S. The average molecular weight is 439 g/mol. The third-order valence-electron chi connectivity index (χ3n) is 6.01. The lowest BCUT2D eigenvalue weighted by molar-refractivity contribution is -0.116. The van der Waals surface area contributed by atoms with Crippen molar-refractivity contribution < 1.29 is 9.59 Å². The van der Waals surface area contributed by atoms with Crippen molar-refractivity contribution in [2.45, 2.75) is 25.6 Å². The molecule has 1 unspecified atom stereocenters. The number of amides is 2. The predicted molar refractivity (Wildman–Crippen MR) is 128 cm³/mol. The summed E-state index contributed by atoms with van der Waals surface area (Å²) in [7, 11) is 2.07. The van der Waals surface area contributed by atoms with Gasteiger partial charge >= 0.3 is 0 Å². The molecule has 0 aromatic heterocycles. The second-order valence-electron chi connectivity index (χ2n) is 8.49. The number of anilines is 2. The number of nitrogens with one attached hydrogen (secondary N) is 2. The number of likely N-dealkylation sites (N-methyl/N-ethyl adjacent to an activating group) is 1. The Morgan fingerprint density at radius 2 is 1.84 bits per heavy atom. The second-order valence-corrected chi connectivity index (χ2v) is 9.52. The fourth-order valence-electron chi connectivity index (χ4n) is 3.93. The number of carbonyl (C=O) groups is 2. The minimum atomic E-state index is -0.290. The van der Waals surface area contributed by atoms with Crippen LogP contribution in [-0.2, 0) is 10.5 Å². The molecule has 31 heavy (non-hydrogen) atoms. The average Bonchev–Trinajstić information content (AvgIpc) is 2.76. The molecule has 2 aromatic carbocycles. The monoisotopic (exact) mass is 438 g/mol. The molecule has 1 atom stereocenters. The Hall–Kier alpha value is -2.51. The summed E-state index contributed by atoms with van der Waals surface area (Å²) in [6, 6.07) is 11.7. The van der Waals surface area contributed by atoms with Crippen LogP contribution in [0.4, 0.5) is 11.4 Å². The van der Waals surface area contributed by atoms with Crippen LogP contribution in [0.1, 0.15) is 27.0 Å². The van der Waals surface area contributed by atoms with Crippen molar-refractivity contribution in [2.24, 2.45) is 0 Å². The Kier molecular flexibility index (Phi) is 6.53. The van der Waals surface area contributed by atoms with E-state index in [1.54, 1.807) is 17.8 Å². The SMILES string of the molecule is Cc1ccc(C)c(CSCC2Nc3ccc(C(=O)N4CCN(C)CC4)cc3NC2=O)c1. The van der Waals surface area contributed by atoms with Crippen molar-refractivity contribution >= 4 is 35.0 Å². The van der Waals surface area contributed by atoms with E-state index in [0.29, 0.717) is 17.0 Å². The van der Waals surface area contributed by atoms with Gasteiger partial charge in [-0.15, -0.1) is 0 Å². The lowest BCUT2D eigenvalue weighted by Crippen LogP contribution is -2.47. The smallest absolute Gasteiger partial charge is 0.254 e. The molecule has 4 rings (SSSR count). The Balaban J connectivity index is 1.37. The maximum absolute atomic E-state index is 12.8. The zero-order valence-electron chi connectivity index (χ0n) is 18.4. The fourth-order valence-corrected chi connectivity index (χ4v) is 5.05. The van der Waals surface area contributed by atoms with Crippen LogP contribution < -0.4 is 10.6 Å². The Labute approximate surface area is 188 Å². The van der Waals surface area contributed by atoms with Gasteiger partial charge < -0.3 is 20.4 Å². The Morgan fingerprint density at radius 1 is 1.06 bits per heavy atom. The molecule has 1 fully saturated rings. The first kappa shape index (κ1) is 21.7. The predicted octanol–water partition coefficient (Wildman–Crippen LogP) is 3.36. The first-order valence-electron chi connectivity index (χ1n) is 10.7. The summed E-state index contributed by atoms with van der Waals surface area (Å²) in [4.78, 5) is 29.6. The molecule has 2 amide bonds. The van der Waals surface area contributed by atoms with Crippen molar-refractivity contribution in [3.05, 3.63) is 58.7 Å². The van der Waals surface area contributed by atoms with Crippen molar-refractivity contribution in [3.8, 4) is 0 Å². The van der Waals surface area contributed by atoms with Gasteiger partial charge in [-0.3, -0.25) is 9.59 Å². The summed E-state index contributed by atoms with van der Waals surface area (Å²) in [5, 5.41) is 6.34. The minimum Gasteiger partial charge on any atom is -0.371 e. The lowest BCUT2D eigenvalue weighted by atomic mass is 10.1. The third kappa shape index (κ3) is 5.05. The number of hydrogen-bond donors (Lipinski definition) is 2. The first-order valence-corrected chi connectivity index (χ1v) is 11.9. The number of rotatable bonds is 5. The van der Waals surface area contributed by atoms with Crippen molar-refractivity contribution in [1.82, 2.24) is 9.80 Å². The molecule has 2 heterocycles. The van der Waals surface area contributed by atoms with Crippen LogP contribution >= 0.6 is 11.8 Å². The van der Waals surface area contributed by atoms with Crippen LogP contribution in [0.25, 0.3) is 0 Å². The molecule has 0 spiro atoms. The van der Waals surface area contributed by atoms with Crippen LogP contribution in [0.5, 0.6) is 0 Å². The van der Waals surface area contributed by atoms with Gasteiger partial charge in [0.1, 0.15) is 6.04 Å². The standard InChI is InChI=1S/C24H30N4O2S/c1-16-4-5-17(2)19(12-16)14-31-15-22-23(29)26-21-13-18(6-7-20(21)25-22)24(30)28-10-8-27(3)9-11-28/h4-7,12-13,22,25H,8-11,14-15H2,1-3H3,(H,26,29). The molecule has 0 bridgehead atoms. The zero-order chi connectivity index (χ0) is 22.0. The largest absolute Gasteiger partial charge is 0.371 e. The fraction of sp³-hybridized carbons (Fsp3) is 0.417.